The zero-order valence-electron chi connectivity index (χ0n) is 11.8. The van der Waals surface area contributed by atoms with E-state index in [1.165, 1.54) is 31.2 Å². The molecule has 3 nitrogen and oxygen atoms in total. The molecule has 19 heavy (non-hydrogen) atoms. The highest BCUT2D eigenvalue weighted by Crippen LogP contribution is 2.46. The Morgan fingerprint density at radius 1 is 1.32 bits per heavy atom. The summed E-state index contributed by atoms with van der Waals surface area (Å²) in [6, 6.07) is 6.21. The standard InChI is InChI=1S/C16H23NO2/c1-17(2)10-14(18)11-7-8-16-13(9-11)12-5-3-4-6-15(12)19-16/h7-9,12,14-15,18H,3-6,10H2,1-2H3. The second-order valence-electron chi connectivity index (χ2n) is 6.12. The SMILES string of the molecule is CN(C)CC(O)c1ccc2c(c1)C1CCCCC1O2. The maximum Gasteiger partial charge on any atom is 0.123 e. The van der Waals surface area contributed by atoms with E-state index in [1.54, 1.807) is 0 Å². The molecule has 0 spiro atoms. The fourth-order valence-electron chi connectivity index (χ4n) is 3.38. The van der Waals surface area contributed by atoms with Gasteiger partial charge in [0.2, 0.25) is 0 Å². The van der Waals surface area contributed by atoms with Gasteiger partial charge < -0.3 is 14.7 Å². The maximum atomic E-state index is 10.2. The third kappa shape index (κ3) is 2.49. The Labute approximate surface area is 115 Å². The summed E-state index contributed by atoms with van der Waals surface area (Å²) in [5, 5.41) is 10.2. The third-order valence-electron chi connectivity index (χ3n) is 4.34. The Kier molecular flexibility index (Phi) is 3.50. The number of likely N-dealkylation sites (N-methyl/N-ethyl adjacent to an activating group) is 1. The van der Waals surface area contributed by atoms with Crippen LogP contribution in [0.5, 0.6) is 5.75 Å². The Hall–Kier alpha value is -1.06. The van der Waals surface area contributed by atoms with Crippen LogP contribution in [0.25, 0.3) is 0 Å². The predicted molar refractivity (Wildman–Crippen MR) is 75.6 cm³/mol. The van der Waals surface area contributed by atoms with Crippen LogP contribution >= 0.6 is 0 Å². The minimum absolute atomic E-state index is 0.380. The molecule has 0 radical (unpaired) electrons. The topological polar surface area (TPSA) is 32.7 Å². The Morgan fingerprint density at radius 3 is 2.89 bits per heavy atom. The first-order valence-corrected chi connectivity index (χ1v) is 7.28. The van der Waals surface area contributed by atoms with Gasteiger partial charge in [-0.15, -0.1) is 0 Å². The molecular formula is C16H23NO2. The first kappa shape index (κ1) is 12.9. The normalized spacial score (nSPS) is 26.7. The third-order valence-corrected chi connectivity index (χ3v) is 4.34. The van der Waals surface area contributed by atoms with Crippen LogP contribution < -0.4 is 4.74 Å². The molecule has 0 aromatic heterocycles. The lowest BCUT2D eigenvalue weighted by atomic mass is 9.82. The number of nitrogens with zero attached hydrogens (tertiary/aromatic N) is 1. The molecule has 1 aliphatic heterocycles. The molecule has 1 aromatic rings. The van der Waals surface area contributed by atoms with Crippen LogP contribution in [0.15, 0.2) is 18.2 Å². The zero-order chi connectivity index (χ0) is 13.4. The van der Waals surface area contributed by atoms with Gasteiger partial charge in [0.05, 0.1) is 6.10 Å². The van der Waals surface area contributed by atoms with E-state index in [1.807, 2.05) is 31.1 Å². The minimum Gasteiger partial charge on any atom is -0.489 e. The maximum absolute atomic E-state index is 10.2. The lowest BCUT2D eigenvalue weighted by Gasteiger charge is -2.24. The molecule has 3 atom stereocenters. The summed E-state index contributed by atoms with van der Waals surface area (Å²) < 4.78 is 6.03. The number of hydrogen-bond acceptors (Lipinski definition) is 3. The largest absolute Gasteiger partial charge is 0.489 e. The summed E-state index contributed by atoms with van der Waals surface area (Å²) >= 11 is 0. The van der Waals surface area contributed by atoms with E-state index in [0.717, 1.165) is 11.3 Å². The molecule has 1 aromatic carbocycles. The molecule has 3 unspecified atom stereocenters. The van der Waals surface area contributed by atoms with Crippen molar-refractivity contribution in [2.24, 2.45) is 0 Å². The molecule has 3 rings (SSSR count). The van der Waals surface area contributed by atoms with Gasteiger partial charge in [0.25, 0.3) is 0 Å². The number of fused-ring (bicyclic) bond motifs is 3. The lowest BCUT2D eigenvalue weighted by Crippen LogP contribution is -2.22. The van der Waals surface area contributed by atoms with Crippen molar-refractivity contribution in [2.45, 2.75) is 43.8 Å². The molecule has 104 valence electrons. The Morgan fingerprint density at radius 2 is 2.11 bits per heavy atom. The highest BCUT2D eigenvalue weighted by molar-refractivity contribution is 5.44. The molecule has 1 saturated carbocycles. The number of rotatable bonds is 3. The molecule has 1 aliphatic carbocycles. The predicted octanol–water partition coefficient (Wildman–Crippen LogP) is 2.70. The first-order valence-electron chi connectivity index (χ1n) is 7.28. The quantitative estimate of drug-likeness (QED) is 0.908. The van der Waals surface area contributed by atoms with E-state index in [4.69, 9.17) is 4.74 Å². The number of aliphatic hydroxyl groups is 1. The summed E-state index contributed by atoms with van der Waals surface area (Å²) in [4.78, 5) is 2.01. The fourth-order valence-corrected chi connectivity index (χ4v) is 3.38. The summed E-state index contributed by atoms with van der Waals surface area (Å²) in [7, 11) is 3.97. The minimum atomic E-state index is -0.414. The Bertz CT molecular complexity index is 458. The van der Waals surface area contributed by atoms with Crippen molar-refractivity contribution >= 4 is 0 Å². The van der Waals surface area contributed by atoms with Crippen LogP contribution in [0.4, 0.5) is 0 Å². The lowest BCUT2D eigenvalue weighted by molar-refractivity contribution is 0.138. The average molecular weight is 261 g/mol. The van der Waals surface area contributed by atoms with Crippen molar-refractivity contribution in [2.75, 3.05) is 20.6 Å². The molecule has 0 amide bonds. The van der Waals surface area contributed by atoms with E-state index >= 15 is 0 Å². The van der Waals surface area contributed by atoms with Crippen molar-refractivity contribution in [1.29, 1.82) is 0 Å². The van der Waals surface area contributed by atoms with E-state index in [9.17, 15) is 5.11 Å². The number of ether oxygens (including phenoxy) is 1. The van der Waals surface area contributed by atoms with Gasteiger partial charge in [0.15, 0.2) is 0 Å². The second-order valence-corrected chi connectivity index (χ2v) is 6.12. The smallest absolute Gasteiger partial charge is 0.123 e. The van der Waals surface area contributed by atoms with Crippen LogP contribution in [-0.2, 0) is 0 Å². The second kappa shape index (κ2) is 5.14. The van der Waals surface area contributed by atoms with Gasteiger partial charge in [0, 0.05) is 18.0 Å². The van der Waals surface area contributed by atoms with Crippen molar-refractivity contribution < 1.29 is 9.84 Å². The summed E-state index contributed by atoms with van der Waals surface area (Å²) in [6.07, 6.45) is 4.95. The van der Waals surface area contributed by atoms with Gasteiger partial charge in [-0.2, -0.15) is 0 Å². The van der Waals surface area contributed by atoms with Crippen LogP contribution in [0.1, 0.15) is 48.8 Å². The van der Waals surface area contributed by atoms with E-state index in [2.05, 4.69) is 6.07 Å². The van der Waals surface area contributed by atoms with Crippen molar-refractivity contribution in [3.8, 4) is 5.75 Å². The average Bonchev–Trinajstić information content (AvgIpc) is 2.75. The summed E-state index contributed by atoms with van der Waals surface area (Å²) in [5.74, 6) is 1.59. The van der Waals surface area contributed by atoms with E-state index in [-0.39, 0.29) is 0 Å². The fraction of sp³-hybridized carbons (Fsp3) is 0.625. The molecular weight excluding hydrogens is 238 g/mol. The molecule has 1 N–H and O–H groups in total. The number of hydrogen-bond donors (Lipinski definition) is 1. The van der Waals surface area contributed by atoms with E-state index < -0.39 is 6.10 Å². The highest BCUT2D eigenvalue weighted by Gasteiger charge is 2.36. The van der Waals surface area contributed by atoms with E-state index in [0.29, 0.717) is 18.6 Å². The van der Waals surface area contributed by atoms with Gasteiger partial charge in [-0.1, -0.05) is 12.5 Å². The molecule has 1 heterocycles. The molecule has 0 saturated heterocycles. The first-order chi connectivity index (χ1) is 9.15. The van der Waals surface area contributed by atoms with Gasteiger partial charge in [-0.25, -0.2) is 0 Å². The van der Waals surface area contributed by atoms with Crippen LogP contribution in [0, 0.1) is 0 Å². The van der Waals surface area contributed by atoms with Crippen molar-refractivity contribution in [1.82, 2.24) is 4.90 Å². The summed E-state index contributed by atoms with van der Waals surface area (Å²) in [6.45, 7) is 0.660. The van der Waals surface area contributed by atoms with Crippen molar-refractivity contribution in [3.05, 3.63) is 29.3 Å². The molecule has 0 bridgehead atoms. The van der Waals surface area contributed by atoms with Crippen LogP contribution in [-0.4, -0.2) is 36.8 Å². The molecule has 1 fully saturated rings. The highest BCUT2D eigenvalue weighted by atomic mass is 16.5. The van der Waals surface area contributed by atoms with Gasteiger partial charge in [0.1, 0.15) is 11.9 Å². The van der Waals surface area contributed by atoms with Crippen molar-refractivity contribution in [3.63, 3.8) is 0 Å². The van der Waals surface area contributed by atoms with Gasteiger partial charge >= 0.3 is 0 Å². The van der Waals surface area contributed by atoms with Gasteiger partial charge in [-0.05, 0) is 51.1 Å². The number of benzene rings is 1. The zero-order valence-corrected chi connectivity index (χ0v) is 11.8. The van der Waals surface area contributed by atoms with Gasteiger partial charge in [-0.3, -0.25) is 0 Å². The Balaban J connectivity index is 1.84. The number of aliphatic hydroxyl groups excluding tert-OH is 1. The van der Waals surface area contributed by atoms with Crippen LogP contribution in [0.3, 0.4) is 0 Å². The monoisotopic (exact) mass is 261 g/mol. The van der Waals surface area contributed by atoms with Crippen LogP contribution in [0.2, 0.25) is 0 Å². The molecule has 2 aliphatic rings. The molecule has 3 heteroatoms. The summed E-state index contributed by atoms with van der Waals surface area (Å²) in [5.41, 5.74) is 2.34.